The van der Waals surface area contributed by atoms with Crippen molar-refractivity contribution in [3.63, 3.8) is 0 Å². The van der Waals surface area contributed by atoms with Crippen molar-refractivity contribution >= 4 is 29.5 Å². The number of nitrogens with one attached hydrogen (secondary N) is 1. The van der Waals surface area contributed by atoms with Gasteiger partial charge in [0.05, 0.1) is 11.4 Å². The third kappa shape index (κ3) is 3.32. The summed E-state index contributed by atoms with van der Waals surface area (Å²) in [6.45, 7) is 0. The molecule has 5 N–H and O–H groups in total. The van der Waals surface area contributed by atoms with Crippen LogP contribution in [0.4, 0.5) is 5.95 Å². The van der Waals surface area contributed by atoms with Crippen molar-refractivity contribution in [3.05, 3.63) is 70.5 Å². The molecule has 1 aliphatic carbocycles. The lowest BCUT2D eigenvalue weighted by Crippen LogP contribution is -2.43. The smallest absolute Gasteiger partial charge is 0.280 e. The normalized spacial score (nSPS) is 14.7. The molecule has 2 aromatic carbocycles. The summed E-state index contributed by atoms with van der Waals surface area (Å²) >= 11 is 0. The Hall–Kier alpha value is -3.29. The first kappa shape index (κ1) is 20.0. The van der Waals surface area contributed by atoms with Crippen molar-refractivity contribution in [1.29, 1.82) is 0 Å². The average Bonchev–Trinajstić information content (AvgIpc) is 2.72. The number of nitrogen functional groups attached to an aromatic ring is 1. The monoisotopic (exact) mass is 420 g/mol. The van der Waals surface area contributed by atoms with Gasteiger partial charge in [-0.05, 0) is 24.8 Å². The minimum atomic E-state index is -0.409. The first-order chi connectivity index (χ1) is 14.0. The molecule has 5 rings (SSSR count). The van der Waals surface area contributed by atoms with Crippen LogP contribution in [-0.4, -0.2) is 19.9 Å². The van der Waals surface area contributed by atoms with Crippen LogP contribution >= 0.6 is 12.4 Å². The van der Waals surface area contributed by atoms with E-state index in [1.807, 2.05) is 54.6 Å². The number of hydrogen-bond donors (Lipinski definition) is 3. The number of aromatic amines is 1. The molecule has 2 aromatic heterocycles. The van der Waals surface area contributed by atoms with Crippen LogP contribution in [0.5, 0.6) is 0 Å². The number of nitrogens with zero attached hydrogens (tertiary/aromatic N) is 3. The Bertz CT molecular complexity index is 1270. The molecule has 0 bridgehead atoms. The van der Waals surface area contributed by atoms with E-state index in [1.165, 1.54) is 0 Å². The van der Waals surface area contributed by atoms with Crippen LogP contribution in [0, 0.1) is 0 Å². The maximum Gasteiger partial charge on any atom is 0.280 e. The second-order valence-corrected chi connectivity index (χ2v) is 7.50. The zero-order valence-electron chi connectivity index (χ0n) is 16.1. The van der Waals surface area contributed by atoms with Crippen molar-refractivity contribution in [2.45, 2.75) is 24.8 Å². The molecule has 2 heterocycles. The summed E-state index contributed by atoms with van der Waals surface area (Å²) in [5, 5.41) is 0. The first-order valence-electron chi connectivity index (χ1n) is 9.56. The van der Waals surface area contributed by atoms with Gasteiger partial charge < -0.3 is 11.5 Å². The highest BCUT2D eigenvalue weighted by Gasteiger charge is 2.34. The minimum absolute atomic E-state index is 0. The second-order valence-electron chi connectivity index (χ2n) is 7.50. The third-order valence-corrected chi connectivity index (χ3v) is 5.59. The predicted octanol–water partition coefficient (Wildman–Crippen LogP) is 3.39. The molecule has 0 unspecified atom stereocenters. The molecular formula is C22H21ClN6O. The zero-order valence-corrected chi connectivity index (χ0v) is 16.9. The molecule has 1 saturated carbocycles. The standard InChI is InChI=1S/C22H20N6O.ClH/c23-21-27-19-18(20(29)28-21)25-16(17(26-19)13-5-2-1-3-6-13)14-7-9-15(10-8-14)22(24)11-4-12-22;/h1-3,5-10H,4,11-12,24H2,(H3,23,26,27,28,29);1H. The molecule has 0 radical (unpaired) electrons. The Kier molecular flexibility index (Phi) is 5.01. The number of hydrogen-bond acceptors (Lipinski definition) is 6. The van der Waals surface area contributed by atoms with Crippen LogP contribution in [0.2, 0.25) is 0 Å². The van der Waals surface area contributed by atoms with E-state index < -0.39 is 5.56 Å². The van der Waals surface area contributed by atoms with Crippen molar-refractivity contribution in [3.8, 4) is 22.5 Å². The van der Waals surface area contributed by atoms with Gasteiger partial charge in [0.15, 0.2) is 11.2 Å². The van der Waals surface area contributed by atoms with E-state index in [9.17, 15) is 4.79 Å². The van der Waals surface area contributed by atoms with Crippen LogP contribution < -0.4 is 17.0 Å². The highest BCUT2D eigenvalue weighted by molar-refractivity contribution is 5.85. The lowest BCUT2D eigenvalue weighted by Gasteiger charge is -2.38. The number of H-pyrrole nitrogens is 1. The number of fused-ring (bicyclic) bond motifs is 1. The fraction of sp³-hybridized carbons (Fsp3) is 0.182. The predicted molar refractivity (Wildman–Crippen MR) is 120 cm³/mol. The van der Waals surface area contributed by atoms with E-state index in [0.717, 1.165) is 36.0 Å². The average molecular weight is 421 g/mol. The Morgan fingerprint density at radius 1 is 0.867 bits per heavy atom. The minimum Gasteiger partial charge on any atom is -0.369 e. The van der Waals surface area contributed by atoms with E-state index in [2.05, 4.69) is 19.9 Å². The summed E-state index contributed by atoms with van der Waals surface area (Å²) < 4.78 is 0. The van der Waals surface area contributed by atoms with Crippen LogP contribution in [0.1, 0.15) is 24.8 Å². The van der Waals surface area contributed by atoms with E-state index in [4.69, 9.17) is 11.5 Å². The third-order valence-electron chi connectivity index (χ3n) is 5.59. The fourth-order valence-corrected chi connectivity index (χ4v) is 3.78. The summed E-state index contributed by atoms with van der Waals surface area (Å²) in [5.74, 6) is 0.0154. The summed E-state index contributed by atoms with van der Waals surface area (Å²) in [5.41, 5.74) is 16.0. The molecule has 0 spiro atoms. The van der Waals surface area contributed by atoms with E-state index in [-0.39, 0.29) is 35.1 Å². The van der Waals surface area contributed by atoms with Crippen molar-refractivity contribution < 1.29 is 0 Å². The molecule has 1 fully saturated rings. The largest absolute Gasteiger partial charge is 0.369 e. The zero-order chi connectivity index (χ0) is 20.0. The molecular weight excluding hydrogens is 400 g/mol. The molecule has 4 aromatic rings. The summed E-state index contributed by atoms with van der Waals surface area (Å²) in [6.07, 6.45) is 3.16. The van der Waals surface area contributed by atoms with Gasteiger partial charge in [-0.2, -0.15) is 4.98 Å². The highest BCUT2D eigenvalue weighted by atomic mass is 35.5. The molecule has 152 valence electrons. The van der Waals surface area contributed by atoms with E-state index in [1.54, 1.807) is 0 Å². The van der Waals surface area contributed by atoms with Gasteiger partial charge in [0.2, 0.25) is 5.95 Å². The van der Waals surface area contributed by atoms with Crippen molar-refractivity contribution in [2.24, 2.45) is 5.73 Å². The maximum atomic E-state index is 12.4. The molecule has 0 aliphatic heterocycles. The van der Waals surface area contributed by atoms with E-state index in [0.29, 0.717) is 11.4 Å². The van der Waals surface area contributed by atoms with Gasteiger partial charge in [0, 0.05) is 16.7 Å². The Labute approximate surface area is 179 Å². The SMILES string of the molecule is Cl.Nc1nc2nc(-c3ccccc3)c(-c3ccc(C4(N)CCC4)cc3)nc2c(=O)[nH]1. The van der Waals surface area contributed by atoms with Gasteiger partial charge >= 0.3 is 0 Å². The maximum absolute atomic E-state index is 12.4. The number of nitrogens with two attached hydrogens (primary N) is 2. The Morgan fingerprint density at radius 3 is 2.13 bits per heavy atom. The van der Waals surface area contributed by atoms with Crippen LogP contribution in [0.15, 0.2) is 59.4 Å². The summed E-state index contributed by atoms with van der Waals surface area (Å²) in [6, 6.07) is 17.8. The van der Waals surface area contributed by atoms with Gasteiger partial charge in [-0.1, -0.05) is 54.6 Å². The number of halogens is 1. The molecule has 0 amide bonds. The van der Waals surface area contributed by atoms with Gasteiger partial charge in [-0.15, -0.1) is 12.4 Å². The first-order valence-corrected chi connectivity index (χ1v) is 9.56. The Morgan fingerprint density at radius 2 is 1.50 bits per heavy atom. The highest BCUT2D eigenvalue weighted by Crippen LogP contribution is 2.39. The summed E-state index contributed by atoms with van der Waals surface area (Å²) in [4.78, 5) is 28.3. The van der Waals surface area contributed by atoms with Crippen molar-refractivity contribution in [1.82, 2.24) is 19.9 Å². The lowest BCUT2D eigenvalue weighted by atomic mass is 9.72. The number of benzene rings is 2. The molecule has 30 heavy (non-hydrogen) atoms. The van der Waals surface area contributed by atoms with Gasteiger partial charge in [-0.25, -0.2) is 9.97 Å². The van der Waals surface area contributed by atoms with Crippen LogP contribution in [0.3, 0.4) is 0 Å². The van der Waals surface area contributed by atoms with Gasteiger partial charge in [0.25, 0.3) is 5.56 Å². The molecule has 1 aliphatic rings. The van der Waals surface area contributed by atoms with Crippen LogP contribution in [0.25, 0.3) is 33.7 Å². The molecule has 8 heteroatoms. The van der Waals surface area contributed by atoms with Gasteiger partial charge in [-0.3, -0.25) is 9.78 Å². The fourth-order valence-electron chi connectivity index (χ4n) is 3.78. The Balaban J connectivity index is 0.00000218. The number of aromatic nitrogens is 4. The van der Waals surface area contributed by atoms with Crippen molar-refractivity contribution in [2.75, 3.05) is 5.73 Å². The topological polar surface area (TPSA) is 124 Å². The number of rotatable bonds is 3. The molecule has 0 saturated heterocycles. The van der Waals surface area contributed by atoms with Gasteiger partial charge in [0.1, 0.15) is 0 Å². The second kappa shape index (κ2) is 7.51. The van der Waals surface area contributed by atoms with Crippen LogP contribution in [-0.2, 0) is 5.54 Å². The quantitative estimate of drug-likeness (QED) is 0.466. The summed E-state index contributed by atoms with van der Waals surface area (Å²) in [7, 11) is 0. The molecule has 7 nitrogen and oxygen atoms in total. The number of anilines is 1. The molecule has 0 atom stereocenters. The lowest BCUT2D eigenvalue weighted by molar-refractivity contribution is 0.253. The van der Waals surface area contributed by atoms with E-state index >= 15 is 0 Å².